The Bertz CT molecular complexity index is 2010. The standard InChI is InChI=1S/C27H21N7O3S/c1-16-13-24(34(32-16)26-10-8-18-11-12-29-15-22(18)31-26)27(35)33-17(2)30-21-14-19(7-9-23(21)33)20-5-3-4-6-25(20)38(28,36)37/h3-15H,1-2H3,(H2,28,36,37). The van der Waals surface area contributed by atoms with Crippen molar-refractivity contribution in [2.45, 2.75) is 18.7 Å². The van der Waals surface area contributed by atoms with E-state index in [9.17, 15) is 13.2 Å². The number of aryl methyl sites for hydroxylation is 2. The molecule has 0 bridgehead atoms. The summed E-state index contributed by atoms with van der Waals surface area (Å²) in [5.41, 5.74) is 3.86. The summed E-state index contributed by atoms with van der Waals surface area (Å²) in [6.07, 6.45) is 3.36. The largest absolute Gasteiger partial charge is 0.282 e. The fourth-order valence-electron chi connectivity index (χ4n) is 4.59. The first-order valence-corrected chi connectivity index (χ1v) is 13.2. The molecule has 0 saturated carbocycles. The van der Waals surface area contributed by atoms with Crippen molar-refractivity contribution in [3.05, 3.63) is 96.3 Å². The number of fused-ring (bicyclic) bond motifs is 2. The molecule has 4 aromatic heterocycles. The highest BCUT2D eigenvalue weighted by atomic mass is 32.2. The zero-order valence-electron chi connectivity index (χ0n) is 20.4. The Kier molecular flexibility index (Phi) is 5.40. The van der Waals surface area contributed by atoms with Crippen molar-refractivity contribution in [2.75, 3.05) is 0 Å². The van der Waals surface area contributed by atoms with Crippen LogP contribution in [0.3, 0.4) is 0 Å². The fourth-order valence-corrected chi connectivity index (χ4v) is 5.35. The lowest BCUT2D eigenvalue weighted by Crippen LogP contribution is -2.18. The lowest BCUT2D eigenvalue weighted by atomic mass is 10.1. The summed E-state index contributed by atoms with van der Waals surface area (Å²) in [6.45, 7) is 3.55. The SMILES string of the molecule is Cc1cc(C(=O)n2c(C)nc3cc(-c4ccccc4S(N)(=O)=O)ccc32)n(-c2ccc3ccncc3n2)n1. The van der Waals surface area contributed by atoms with E-state index in [1.165, 1.54) is 15.3 Å². The van der Waals surface area contributed by atoms with Crippen LogP contribution in [0.25, 0.3) is 38.9 Å². The van der Waals surface area contributed by atoms with Gasteiger partial charge in [-0.1, -0.05) is 24.3 Å². The van der Waals surface area contributed by atoms with E-state index < -0.39 is 10.0 Å². The molecule has 0 unspecified atom stereocenters. The van der Waals surface area contributed by atoms with Crippen LogP contribution in [-0.2, 0) is 10.0 Å². The Hall–Kier alpha value is -4.74. The third-order valence-corrected chi connectivity index (χ3v) is 7.25. The Labute approximate surface area is 217 Å². The number of sulfonamides is 1. The molecule has 0 radical (unpaired) electrons. The van der Waals surface area contributed by atoms with Crippen molar-refractivity contribution < 1.29 is 13.2 Å². The van der Waals surface area contributed by atoms with Gasteiger partial charge < -0.3 is 0 Å². The quantitative estimate of drug-likeness (QED) is 0.371. The molecule has 6 rings (SSSR count). The van der Waals surface area contributed by atoms with Crippen LogP contribution in [0.1, 0.15) is 22.0 Å². The fraction of sp³-hybridized carbons (Fsp3) is 0.0741. The van der Waals surface area contributed by atoms with Crippen molar-refractivity contribution in [1.29, 1.82) is 0 Å². The van der Waals surface area contributed by atoms with Gasteiger partial charge in [-0.2, -0.15) is 5.10 Å². The Morgan fingerprint density at radius 2 is 1.74 bits per heavy atom. The molecule has 0 aliphatic heterocycles. The number of nitrogens with two attached hydrogens (primary N) is 1. The van der Waals surface area contributed by atoms with Gasteiger partial charge in [-0.15, -0.1) is 0 Å². The van der Waals surface area contributed by atoms with Crippen molar-refractivity contribution >= 4 is 37.9 Å². The third-order valence-electron chi connectivity index (χ3n) is 6.28. The minimum atomic E-state index is -3.93. The highest BCUT2D eigenvalue weighted by Crippen LogP contribution is 2.30. The number of primary sulfonamides is 1. The van der Waals surface area contributed by atoms with Gasteiger partial charge in [0.2, 0.25) is 10.0 Å². The molecular weight excluding hydrogens is 502 g/mol. The number of hydrogen-bond donors (Lipinski definition) is 1. The number of pyridine rings is 2. The molecule has 0 fully saturated rings. The van der Waals surface area contributed by atoms with Crippen LogP contribution in [0.15, 0.2) is 84.0 Å². The molecule has 0 aliphatic carbocycles. The predicted octanol–water partition coefficient (Wildman–Crippen LogP) is 3.78. The van der Waals surface area contributed by atoms with E-state index in [4.69, 9.17) is 5.14 Å². The predicted molar refractivity (Wildman–Crippen MR) is 142 cm³/mol. The van der Waals surface area contributed by atoms with E-state index in [-0.39, 0.29) is 10.8 Å². The molecule has 2 aromatic carbocycles. The van der Waals surface area contributed by atoms with Gasteiger partial charge in [-0.05, 0) is 61.9 Å². The van der Waals surface area contributed by atoms with E-state index in [1.807, 2.05) is 19.1 Å². The van der Waals surface area contributed by atoms with Crippen LogP contribution in [0.5, 0.6) is 0 Å². The molecule has 188 valence electrons. The zero-order chi connectivity index (χ0) is 26.6. The first-order valence-electron chi connectivity index (χ1n) is 11.6. The van der Waals surface area contributed by atoms with Crippen molar-refractivity contribution in [2.24, 2.45) is 5.14 Å². The number of carbonyl (C=O) groups excluding carboxylic acids is 1. The lowest BCUT2D eigenvalue weighted by Gasteiger charge is -2.10. The average Bonchev–Trinajstić information content (AvgIpc) is 3.46. The molecule has 4 heterocycles. The molecular formula is C27H21N7O3S. The number of imidazole rings is 1. The second-order valence-corrected chi connectivity index (χ2v) is 10.4. The van der Waals surface area contributed by atoms with Crippen LogP contribution in [-0.4, -0.2) is 43.6 Å². The summed E-state index contributed by atoms with van der Waals surface area (Å²) >= 11 is 0. The summed E-state index contributed by atoms with van der Waals surface area (Å²) in [6, 6.07) is 19.0. The molecule has 11 heteroatoms. The summed E-state index contributed by atoms with van der Waals surface area (Å²) < 4.78 is 27.3. The van der Waals surface area contributed by atoms with Crippen LogP contribution in [0, 0.1) is 13.8 Å². The number of hydrogen-bond acceptors (Lipinski definition) is 7. The maximum absolute atomic E-state index is 13.9. The van der Waals surface area contributed by atoms with Crippen LogP contribution >= 0.6 is 0 Å². The van der Waals surface area contributed by atoms with Gasteiger partial charge in [0.05, 0.1) is 33.3 Å². The molecule has 0 aliphatic rings. The Morgan fingerprint density at radius 3 is 2.55 bits per heavy atom. The smallest absolute Gasteiger partial charge is 0.266 e. The van der Waals surface area contributed by atoms with E-state index in [2.05, 4.69) is 20.1 Å². The summed E-state index contributed by atoms with van der Waals surface area (Å²) in [7, 11) is -3.93. The minimum Gasteiger partial charge on any atom is -0.266 e. The third kappa shape index (κ3) is 3.94. The Balaban J connectivity index is 1.46. The maximum Gasteiger partial charge on any atom is 0.282 e. The van der Waals surface area contributed by atoms with Crippen LogP contribution in [0.2, 0.25) is 0 Å². The Morgan fingerprint density at radius 1 is 0.921 bits per heavy atom. The summed E-state index contributed by atoms with van der Waals surface area (Å²) in [4.78, 5) is 27.3. The van der Waals surface area contributed by atoms with Crippen molar-refractivity contribution in [3.63, 3.8) is 0 Å². The monoisotopic (exact) mass is 523 g/mol. The number of aromatic nitrogens is 6. The number of benzene rings is 2. The van der Waals surface area contributed by atoms with Gasteiger partial charge in [-0.3, -0.25) is 14.3 Å². The highest BCUT2D eigenvalue weighted by Gasteiger charge is 2.23. The summed E-state index contributed by atoms with van der Waals surface area (Å²) in [5, 5.41) is 10.9. The van der Waals surface area contributed by atoms with E-state index in [1.54, 1.807) is 67.8 Å². The minimum absolute atomic E-state index is 0.0176. The van der Waals surface area contributed by atoms with E-state index in [0.29, 0.717) is 50.7 Å². The molecule has 0 amide bonds. The van der Waals surface area contributed by atoms with E-state index >= 15 is 0 Å². The second kappa shape index (κ2) is 8.68. The van der Waals surface area contributed by atoms with Gasteiger partial charge in [-0.25, -0.2) is 28.2 Å². The second-order valence-electron chi connectivity index (χ2n) is 8.86. The first kappa shape index (κ1) is 23.6. The normalized spacial score (nSPS) is 11.9. The number of nitrogens with zero attached hydrogens (tertiary/aromatic N) is 6. The van der Waals surface area contributed by atoms with Crippen LogP contribution in [0.4, 0.5) is 0 Å². The first-order chi connectivity index (χ1) is 18.2. The van der Waals surface area contributed by atoms with E-state index in [0.717, 1.165) is 5.39 Å². The van der Waals surface area contributed by atoms with Crippen LogP contribution < -0.4 is 5.14 Å². The lowest BCUT2D eigenvalue weighted by molar-refractivity contribution is 0.0954. The summed E-state index contributed by atoms with van der Waals surface area (Å²) in [5.74, 6) is 0.644. The molecule has 10 nitrogen and oxygen atoms in total. The van der Waals surface area contributed by atoms with Gasteiger partial charge in [0.1, 0.15) is 11.5 Å². The average molecular weight is 524 g/mol. The van der Waals surface area contributed by atoms with Crippen molar-refractivity contribution in [1.82, 2.24) is 29.3 Å². The number of rotatable bonds is 4. The van der Waals surface area contributed by atoms with Gasteiger partial charge in [0, 0.05) is 17.1 Å². The number of carbonyl (C=O) groups is 1. The topological polar surface area (TPSA) is 139 Å². The molecule has 0 spiro atoms. The molecule has 0 saturated heterocycles. The van der Waals surface area contributed by atoms with Gasteiger partial charge in [0.15, 0.2) is 5.82 Å². The molecule has 2 N–H and O–H groups in total. The van der Waals surface area contributed by atoms with Crippen molar-refractivity contribution in [3.8, 4) is 16.9 Å². The zero-order valence-corrected chi connectivity index (χ0v) is 21.2. The highest BCUT2D eigenvalue weighted by molar-refractivity contribution is 7.89. The molecule has 38 heavy (non-hydrogen) atoms. The molecule has 0 atom stereocenters. The maximum atomic E-state index is 13.9. The van der Waals surface area contributed by atoms with Gasteiger partial charge in [0.25, 0.3) is 5.91 Å². The van der Waals surface area contributed by atoms with Gasteiger partial charge >= 0.3 is 0 Å². The molecule has 6 aromatic rings.